The first-order valence-electron chi connectivity index (χ1n) is 9.49. The summed E-state index contributed by atoms with van der Waals surface area (Å²) in [5.41, 5.74) is 1.51. The summed E-state index contributed by atoms with van der Waals surface area (Å²) in [4.78, 5) is 22.1. The molecule has 0 radical (unpaired) electrons. The molecule has 160 valence electrons. The number of fused-ring (bicyclic) bond motifs is 1. The second-order valence-corrected chi connectivity index (χ2v) is 7.99. The second kappa shape index (κ2) is 8.66. The third kappa shape index (κ3) is 5.04. The van der Waals surface area contributed by atoms with E-state index in [-0.39, 0.29) is 22.5 Å². The summed E-state index contributed by atoms with van der Waals surface area (Å²) < 4.78 is 53.1. The van der Waals surface area contributed by atoms with Gasteiger partial charge in [-0.3, -0.25) is 4.79 Å². The van der Waals surface area contributed by atoms with Crippen molar-refractivity contribution in [3.63, 3.8) is 0 Å². The maximum absolute atomic E-state index is 13.3. The van der Waals surface area contributed by atoms with Crippen LogP contribution in [0.5, 0.6) is 0 Å². The van der Waals surface area contributed by atoms with E-state index in [1.54, 1.807) is 4.90 Å². The number of benzene rings is 2. The first-order chi connectivity index (χ1) is 14.8. The van der Waals surface area contributed by atoms with Crippen LogP contribution >= 0.6 is 11.8 Å². The molecule has 4 nitrogen and oxygen atoms in total. The third-order valence-corrected chi connectivity index (χ3v) is 5.78. The number of rotatable bonds is 4. The maximum atomic E-state index is 13.3. The van der Waals surface area contributed by atoms with Crippen molar-refractivity contribution in [3.05, 3.63) is 77.2 Å². The Labute approximate surface area is 180 Å². The van der Waals surface area contributed by atoms with Gasteiger partial charge in [0.1, 0.15) is 11.5 Å². The van der Waals surface area contributed by atoms with E-state index in [1.165, 1.54) is 17.7 Å². The molecule has 1 aromatic heterocycles. The minimum atomic E-state index is -4.67. The fourth-order valence-electron chi connectivity index (χ4n) is 3.33. The zero-order chi connectivity index (χ0) is 22.0. The van der Waals surface area contributed by atoms with E-state index in [9.17, 15) is 22.4 Å². The Hall–Kier alpha value is -2.94. The molecule has 3 aromatic rings. The normalized spacial score (nSPS) is 13.7. The molecule has 9 heteroatoms. The Kier molecular flexibility index (Phi) is 5.95. The van der Waals surface area contributed by atoms with Crippen molar-refractivity contribution in [1.82, 2.24) is 14.9 Å². The van der Waals surface area contributed by atoms with Crippen molar-refractivity contribution < 1.29 is 22.4 Å². The summed E-state index contributed by atoms with van der Waals surface area (Å²) in [6.07, 6.45) is -3.94. The van der Waals surface area contributed by atoms with Crippen LogP contribution in [0.15, 0.2) is 59.8 Å². The van der Waals surface area contributed by atoms with Crippen molar-refractivity contribution in [2.24, 2.45) is 0 Å². The number of halogens is 4. The van der Waals surface area contributed by atoms with Crippen LogP contribution in [0.1, 0.15) is 16.8 Å². The summed E-state index contributed by atoms with van der Waals surface area (Å²) in [6, 6.07) is 13.7. The number of aromatic nitrogens is 2. The van der Waals surface area contributed by atoms with Gasteiger partial charge in [-0.2, -0.15) is 13.2 Å². The number of carbonyl (C=O) groups excluding carboxylic acids is 1. The van der Waals surface area contributed by atoms with E-state index in [0.717, 1.165) is 41.9 Å². The quantitative estimate of drug-likeness (QED) is 0.322. The van der Waals surface area contributed by atoms with Gasteiger partial charge in [-0.25, -0.2) is 14.4 Å². The summed E-state index contributed by atoms with van der Waals surface area (Å²) >= 11 is 0.858. The lowest BCUT2D eigenvalue weighted by Crippen LogP contribution is -2.37. The first kappa shape index (κ1) is 21.3. The largest absolute Gasteiger partial charge is 0.433 e. The average molecular weight is 447 g/mol. The molecule has 4 rings (SSSR count). The molecule has 0 fully saturated rings. The number of carbonyl (C=O) groups is 1. The molecule has 0 atom stereocenters. The number of thioether (sulfide) groups is 1. The summed E-state index contributed by atoms with van der Waals surface area (Å²) in [7, 11) is 0. The lowest BCUT2D eigenvalue weighted by atomic mass is 10.00. The van der Waals surface area contributed by atoms with Crippen LogP contribution in [0, 0.1) is 5.82 Å². The third-order valence-electron chi connectivity index (χ3n) is 4.94. The Morgan fingerprint density at radius 2 is 1.74 bits per heavy atom. The van der Waals surface area contributed by atoms with Crippen LogP contribution in [0.3, 0.4) is 0 Å². The Bertz CT molecular complexity index is 1100. The van der Waals surface area contributed by atoms with Crippen LogP contribution in [-0.4, -0.2) is 33.1 Å². The summed E-state index contributed by atoms with van der Waals surface area (Å²) in [5, 5.41) is -0.153. The zero-order valence-corrected chi connectivity index (χ0v) is 17.0. The Morgan fingerprint density at radius 1 is 1.03 bits per heavy atom. The van der Waals surface area contributed by atoms with E-state index in [0.29, 0.717) is 18.7 Å². The highest BCUT2D eigenvalue weighted by Crippen LogP contribution is 2.32. The second-order valence-electron chi connectivity index (χ2n) is 7.05. The van der Waals surface area contributed by atoms with Gasteiger partial charge >= 0.3 is 6.18 Å². The molecule has 1 aliphatic rings. The van der Waals surface area contributed by atoms with Gasteiger partial charge < -0.3 is 4.90 Å². The summed E-state index contributed by atoms with van der Waals surface area (Å²) in [5.74, 6) is -0.771. The topological polar surface area (TPSA) is 46.1 Å². The van der Waals surface area contributed by atoms with Gasteiger partial charge in [-0.05, 0) is 47.9 Å². The van der Waals surface area contributed by atoms with E-state index >= 15 is 0 Å². The highest BCUT2D eigenvalue weighted by molar-refractivity contribution is 7.99. The smallest absolute Gasteiger partial charge is 0.337 e. The summed E-state index contributed by atoms with van der Waals surface area (Å²) in [6.45, 7) is 1.03. The number of amides is 1. The molecule has 0 spiro atoms. The van der Waals surface area contributed by atoms with Crippen LogP contribution < -0.4 is 0 Å². The molecular formula is C22H17F4N3OS. The van der Waals surface area contributed by atoms with Gasteiger partial charge in [0.15, 0.2) is 5.16 Å². The predicted molar refractivity (Wildman–Crippen MR) is 109 cm³/mol. The van der Waals surface area contributed by atoms with Crippen molar-refractivity contribution in [3.8, 4) is 11.3 Å². The molecule has 0 bridgehead atoms. The van der Waals surface area contributed by atoms with Crippen molar-refractivity contribution in [2.75, 3.05) is 12.3 Å². The van der Waals surface area contributed by atoms with E-state index < -0.39 is 17.7 Å². The average Bonchev–Trinajstić information content (AvgIpc) is 2.77. The van der Waals surface area contributed by atoms with Crippen LogP contribution in [-0.2, 0) is 23.9 Å². The molecule has 0 saturated heterocycles. The lowest BCUT2D eigenvalue weighted by molar-refractivity contribution is -0.141. The molecule has 1 aliphatic heterocycles. The number of hydrogen-bond acceptors (Lipinski definition) is 4. The fraction of sp³-hybridized carbons (Fsp3) is 0.227. The number of nitrogens with zero attached hydrogens (tertiary/aromatic N) is 3. The Morgan fingerprint density at radius 3 is 2.45 bits per heavy atom. The minimum Gasteiger partial charge on any atom is -0.337 e. The molecule has 0 N–H and O–H groups in total. The van der Waals surface area contributed by atoms with Gasteiger partial charge in [0, 0.05) is 18.7 Å². The standard InChI is InChI=1S/C22H17F4N3OS/c23-17-7-5-15(6-8-17)18-11-19(22(24,25)26)28-21(27-18)31-13-20(30)29-10-9-14-3-1-2-4-16(14)12-29/h1-8,11H,9-10,12-13H2. The van der Waals surface area contributed by atoms with Crippen molar-refractivity contribution in [2.45, 2.75) is 24.3 Å². The van der Waals surface area contributed by atoms with Gasteiger partial charge in [0.25, 0.3) is 0 Å². The monoisotopic (exact) mass is 447 g/mol. The van der Waals surface area contributed by atoms with Gasteiger partial charge in [-0.1, -0.05) is 36.0 Å². The number of alkyl halides is 3. The van der Waals surface area contributed by atoms with Crippen LogP contribution in [0.25, 0.3) is 11.3 Å². The van der Waals surface area contributed by atoms with Gasteiger partial charge in [0.2, 0.25) is 5.91 Å². The fourth-order valence-corrected chi connectivity index (χ4v) is 4.09. The molecule has 0 unspecified atom stereocenters. The highest BCUT2D eigenvalue weighted by atomic mass is 32.2. The zero-order valence-electron chi connectivity index (χ0n) is 16.2. The van der Waals surface area contributed by atoms with Crippen molar-refractivity contribution in [1.29, 1.82) is 0 Å². The molecule has 1 amide bonds. The SMILES string of the molecule is O=C(CSc1nc(-c2ccc(F)cc2)cc(C(F)(F)F)n1)N1CCc2ccccc2C1. The maximum Gasteiger partial charge on any atom is 0.433 e. The molecule has 0 aliphatic carbocycles. The van der Waals surface area contributed by atoms with E-state index in [2.05, 4.69) is 9.97 Å². The molecule has 31 heavy (non-hydrogen) atoms. The van der Waals surface area contributed by atoms with E-state index in [1.807, 2.05) is 24.3 Å². The van der Waals surface area contributed by atoms with Crippen LogP contribution in [0.4, 0.5) is 17.6 Å². The Balaban J connectivity index is 1.52. The first-order valence-corrected chi connectivity index (χ1v) is 10.5. The molecular weight excluding hydrogens is 430 g/mol. The molecule has 2 aromatic carbocycles. The minimum absolute atomic E-state index is 0.0178. The highest BCUT2D eigenvalue weighted by Gasteiger charge is 2.34. The predicted octanol–water partition coefficient (Wildman–Crippen LogP) is 4.98. The van der Waals surface area contributed by atoms with Gasteiger partial charge in [-0.15, -0.1) is 0 Å². The van der Waals surface area contributed by atoms with Crippen LogP contribution in [0.2, 0.25) is 0 Å². The van der Waals surface area contributed by atoms with Crippen molar-refractivity contribution >= 4 is 17.7 Å². The lowest BCUT2D eigenvalue weighted by Gasteiger charge is -2.28. The molecule has 2 heterocycles. The van der Waals surface area contributed by atoms with E-state index in [4.69, 9.17) is 0 Å². The number of hydrogen-bond donors (Lipinski definition) is 0. The van der Waals surface area contributed by atoms with Gasteiger partial charge in [0.05, 0.1) is 11.4 Å². The molecule has 0 saturated carbocycles.